The quantitative estimate of drug-likeness (QED) is 0.532. The Morgan fingerprint density at radius 2 is 1.93 bits per heavy atom. The van der Waals surface area contributed by atoms with E-state index >= 15 is 0 Å². The van der Waals surface area contributed by atoms with Gasteiger partial charge in [0, 0.05) is 30.7 Å². The maximum absolute atomic E-state index is 12.8. The van der Waals surface area contributed by atoms with Gasteiger partial charge in [0.2, 0.25) is 0 Å². The second kappa shape index (κ2) is 7.87. The first-order chi connectivity index (χ1) is 13.0. The molecule has 4 nitrogen and oxygen atoms in total. The smallest absolute Gasteiger partial charge is 0.255 e. The van der Waals surface area contributed by atoms with E-state index in [2.05, 4.69) is 39.9 Å². The summed E-state index contributed by atoms with van der Waals surface area (Å²) < 4.78 is 2.08. The van der Waals surface area contributed by atoms with Crippen LogP contribution in [0, 0.1) is 0 Å². The third kappa shape index (κ3) is 3.90. The first kappa shape index (κ1) is 18.9. The molecule has 0 spiro atoms. The molecule has 4 rings (SSSR count). The summed E-state index contributed by atoms with van der Waals surface area (Å²) in [5.74, 6) is -0.00594. The van der Waals surface area contributed by atoms with E-state index in [-0.39, 0.29) is 11.9 Å². The number of aromatic nitrogens is 1. The number of carbonyl (C=O) groups is 1. The molecule has 140 valence electrons. The SMILES string of the molecule is CC(c1nc2ccccc2s1)N1CCN(C(=O)c2cc(Br)ccc2Cl)CC1. The third-order valence-electron chi connectivity index (χ3n) is 4.98. The van der Waals surface area contributed by atoms with Gasteiger partial charge in [-0.1, -0.05) is 39.7 Å². The van der Waals surface area contributed by atoms with Crippen LogP contribution in [0.5, 0.6) is 0 Å². The van der Waals surface area contributed by atoms with Crippen molar-refractivity contribution in [1.82, 2.24) is 14.8 Å². The highest BCUT2D eigenvalue weighted by Crippen LogP contribution is 2.30. The average molecular weight is 465 g/mol. The lowest BCUT2D eigenvalue weighted by Crippen LogP contribution is -2.49. The molecular formula is C20H19BrClN3OS. The minimum absolute atomic E-state index is 0.00594. The summed E-state index contributed by atoms with van der Waals surface area (Å²) in [6, 6.07) is 13.9. The molecule has 1 aliphatic rings. The van der Waals surface area contributed by atoms with Gasteiger partial charge in [-0.3, -0.25) is 9.69 Å². The number of piperazine rings is 1. The summed E-state index contributed by atoms with van der Waals surface area (Å²) in [5, 5.41) is 1.62. The highest BCUT2D eigenvalue weighted by Gasteiger charge is 2.27. The Hall–Kier alpha value is -1.47. The van der Waals surface area contributed by atoms with Crippen LogP contribution in [0.2, 0.25) is 5.02 Å². The van der Waals surface area contributed by atoms with Gasteiger partial charge in [-0.05, 0) is 37.3 Å². The fraction of sp³-hybridized carbons (Fsp3) is 0.300. The van der Waals surface area contributed by atoms with Crippen molar-refractivity contribution in [2.24, 2.45) is 0 Å². The Balaban J connectivity index is 1.43. The summed E-state index contributed by atoms with van der Waals surface area (Å²) in [7, 11) is 0. The molecule has 2 heterocycles. The first-order valence-electron chi connectivity index (χ1n) is 8.87. The molecule has 7 heteroatoms. The summed E-state index contributed by atoms with van der Waals surface area (Å²) in [6.45, 7) is 5.23. The molecule has 1 unspecified atom stereocenters. The van der Waals surface area contributed by atoms with Gasteiger partial charge in [0.1, 0.15) is 5.01 Å². The Morgan fingerprint density at radius 1 is 1.19 bits per heavy atom. The van der Waals surface area contributed by atoms with Crippen molar-refractivity contribution in [3.63, 3.8) is 0 Å². The number of nitrogens with zero attached hydrogens (tertiary/aromatic N) is 3. The Bertz CT molecular complexity index is 951. The molecule has 0 bridgehead atoms. The van der Waals surface area contributed by atoms with E-state index in [1.54, 1.807) is 23.5 Å². The number of halogens is 2. The van der Waals surface area contributed by atoms with Crippen molar-refractivity contribution in [3.05, 3.63) is 62.5 Å². The zero-order valence-corrected chi connectivity index (χ0v) is 18.0. The van der Waals surface area contributed by atoms with Gasteiger partial charge in [0.05, 0.1) is 26.8 Å². The van der Waals surface area contributed by atoms with Crippen molar-refractivity contribution in [3.8, 4) is 0 Å². The number of hydrogen-bond acceptors (Lipinski definition) is 4. The Kier molecular flexibility index (Phi) is 5.50. The maximum atomic E-state index is 12.8. The molecule has 2 aromatic carbocycles. The largest absolute Gasteiger partial charge is 0.336 e. The van der Waals surface area contributed by atoms with Gasteiger partial charge in [-0.2, -0.15) is 0 Å². The van der Waals surface area contributed by atoms with Crippen LogP contribution in [0.4, 0.5) is 0 Å². The van der Waals surface area contributed by atoms with E-state index in [4.69, 9.17) is 16.6 Å². The molecule has 3 aromatic rings. The molecule has 1 aromatic heterocycles. The molecule has 1 amide bonds. The van der Waals surface area contributed by atoms with Crippen LogP contribution in [0.25, 0.3) is 10.2 Å². The average Bonchev–Trinajstić information content (AvgIpc) is 3.13. The van der Waals surface area contributed by atoms with Crippen molar-refractivity contribution in [1.29, 1.82) is 0 Å². The molecule has 0 saturated carbocycles. The number of rotatable bonds is 3. The number of fused-ring (bicyclic) bond motifs is 1. The minimum atomic E-state index is -0.00594. The fourth-order valence-corrected chi connectivity index (χ4v) is 4.98. The van der Waals surface area contributed by atoms with Crippen LogP contribution < -0.4 is 0 Å². The van der Waals surface area contributed by atoms with Crippen LogP contribution >= 0.6 is 38.9 Å². The van der Waals surface area contributed by atoms with Gasteiger partial charge in [0.25, 0.3) is 5.91 Å². The van der Waals surface area contributed by atoms with Gasteiger partial charge < -0.3 is 4.90 Å². The van der Waals surface area contributed by atoms with E-state index in [0.717, 1.165) is 28.1 Å². The maximum Gasteiger partial charge on any atom is 0.255 e. The number of thiazole rings is 1. The molecule has 1 atom stereocenters. The topological polar surface area (TPSA) is 36.4 Å². The van der Waals surface area contributed by atoms with Gasteiger partial charge >= 0.3 is 0 Å². The predicted octanol–water partition coefficient (Wildman–Crippen LogP) is 5.23. The zero-order chi connectivity index (χ0) is 19.0. The summed E-state index contributed by atoms with van der Waals surface area (Å²) in [5.41, 5.74) is 1.61. The van der Waals surface area contributed by atoms with Crippen molar-refractivity contribution in [2.75, 3.05) is 26.2 Å². The van der Waals surface area contributed by atoms with Crippen LogP contribution in [-0.4, -0.2) is 46.9 Å². The standard InChI is InChI=1S/C20H19BrClN3OS/c1-13(19-23-17-4-2-3-5-18(17)27-19)24-8-10-25(11-9-24)20(26)15-12-14(21)6-7-16(15)22/h2-7,12-13H,8-11H2,1H3. The molecule has 0 radical (unpaired) electrons. The minimum Gasteiger partial charge on any atom is -0.336 e. The zero-order valence-electron chi connectivity index (χ0n) is 14.9. The van der Waals surface area contributed by atoms with E-state index < -0.39 is 0 Å². The Morgan fingerprint density at radius 3 is 2.67 bits per heavy atom. The van der Waals surface area contributed by atoms with Crippen molar-refractivity contribution >= 4 is 55.0 Å². The molecule has 1 fully saturated rings. The van der Waals surface area contributed by atoms with Gasteiger partial charge in [-0.15, -0.1) is 11.3 Å². The van der Waals surface area contributed by atoms with Crippen molar-refractivity contribution in [2.45, 2.75) is 13.0 Å². The van der Waals surface area contributed by atoms with Gasteiger partial charge in [-0.25, -0.2) is 4.98 Å². The van der Waals surface area contributed by atoms with Crippen LogP contribution in [0.15, 0.2) is 46.9 Å². The molecule has 27 heavy (non-hydrogen) atoms. The molecule has 1 saturated heterocycles. The summed E-state index contributed by atoms with van der Waals surface area (Å²) in [4.78, 5) is 21.9. The number of carbonyl (C=O) groups excluding carboxylic acids is 1. The lowest BCUT2D eigenvalue weighted by atomic mass is 10.1. The predicted molar refractivity (Wildman–Crippen MR) is 115 cm³/mol. The van der Waals surface area contributed by atoms with Crippen LogP contribution in [0.3, 0.4) is 0 Å². The molecular weight excluding hydrogens is 446 g/mol. The van der Waals surface area contributed by atoms with Crippen LogP contribution in [0.1, 0.15) is 28.3 Å². The summed E-state index contributed by atoms with van der Waals surface area (Å²) in [6.07, 6.45) is 0. The monoisotopic (exact) mass is 463 g/mol. The lowest BCUT2D eigenvalue weighted by molar-refractivity contribution is 0.0582. The van der Waals surface area contributed by atoms with E-state index in [1.807, 2.05) is 23.1 Å². The van der Waals surface area contributed by atoms with E-state index in [1.165, 1.54) is 4.70 Å². The second-order valence-corrected chi connectivity index (χ2v) is 9.03. The summed E-state index contributed by atoms with van der Waals surface area (Å²) >= 11 is 11.4. The lowest BCUT2D eigenvalue weighted by Gasteiger charge is -2.37. The van der Waals surface area contributed by atoms with Crippen molar-refractivity contribution < 1.29 is 4.79 Å². The van der Waals surface area contributed by atoms with E-state index in [0.29, 0.717) is 23.7 Å². The fourth-order valence-electron chi connectivity index (χ4n) is 3.37. The van der Waals surface area contributed by atoms with Gasteiger partial charge in [0.15, 0.2) is 0 Å². The number of amides is 1. The molecule has 0 aliphatic carbocycles. The number of benzene rings is 2. The second-order valence-electron chi connectivity index (χ2n) is 6.65. The normalized spacial score (nSPS) is 16.6. The van der Waals surface area contributed by atoms with Crippen LogP contribution in [-0.2, 0) is 0 Å². The van der Waals surface area contributed by atoms with E-state index in [9.17, 15) is 4.79 Å². The molecule has 1 aliphatic heterocycles. The number of para-hydroxylation sites is 1. The first-order valence-corrected chi connectivity index (χ1v) is 10.9. The highest BCUT2D eigenvalue weighted by molar-refractivity contribution is 9.10. The number of hydrogen-bond donors (Lipinski definition) is 0. The molecule has 0 N–H and O–H groups in total. The highest BCUT2D eigenvalue weighted by atomic mass is 79.9. The Labute approximate surface area is 175 Å². The third-order valence-corrected chi connectivity index (χ3v) is 7.01.